The molecule has 0 aromatic heterocycles. The summed E-state index contributed by atoms with van der Waals surface area (Å²) in [4.78, 5) is 12.7. The summed E-state index contributed by atoms with van der Waals surface area (Å²) in [6.07, 6.45) is 0. The maximum atomic E-state index is 12.7. The van der Waals surface area contributed by atoms with Gasteiger partial charge in [-0.05, 0) is 35.9 Å². The van der Waals surface area contributed by atoms with Crippen molar-refractivity contribution in [2.75, 3.05) is 5.32 Å². The van der Waals surface area contributed by atoms with Crippen LogP contribution in [-0.2, 0) is 0 Å². The number of nitriles is 2. The van der Waals surface area contributed by atoms with E-state index in [1.165, 1.54) is 0 Å². The van der Waals surface area contributed by atoms with E-state index < -0.39 is 0 Å². The molecule has 0 aliphatic heterocycles. The quantitative estimate of drug-likeness (QED) is 0.778. The van der Waals surface area contributed by atoms with E-state index in [1.54, 1.807) is 48.5 Å². The highest BCUT2D eigenvalue weighted by molar-refractivity contribution is 6.09. The molecule has 0 saturated heterocycles. The third-order valence-corrected chi connectivity index (χ3v) is 3.76. The van der Waals surface area contributed by atoms with E-state index in [0.29, 0.717) is 33.5 Å². The molecule has 3 aromatic rings. The molecule has 0 radical (unpaired) electrons. The number of nitrogens with one attached hydrogen (secondary N) is 1. The Morgan fingerprint density at radius 1 is 0.800 bits per heavy atom. The molecule has 118 valence electrons. The average Bonchev–Trinajstić information content (AvgIpc) is 2.68. The van der Waals surface area contributed by atoms with E-state index in [0.717, 1.165) is 0 Å². The number of benzene rings is 3. The predicted octanol–water partition coefficient (Wildman–Crippen LogP) is 4.35. The number of carbonyl (C=O) groups is 1. The fourth-order valence-electron chi connectivity index (χ4n) is 2.60. The lowest BCUT2D eigenvalue weighted by atomic mass is 9.95. The van der Waals surface area contributed by atoms with Crippen LogP contribution in [0.4, 0.5) is 5.69 Å². The van der Waals surface area contributed by atoms with E-state index in [9.17, 15) is 10.1 Å². The molecule has 1 N–H and O–H groups in total. The highest BCUT2D eigenvalue weighted by Crippen LogP contribution is 2.27. The first-order chi connectivity index (χ1) is 12.2. The first-order valence-corrected chi connectivity index (χ1v) is 7.63. The molecule has 25 heavy (non-hydrogen) atoms. The molecule has 0 aliphatic rings. The van der Waals surface area contributed by atoms with Crippen LogP contribution < -0.4 is 5.32 Å². The summed E-state index contributed by atoms with van der Waals surface area (Å²) in [5, 5.41) is 21.1. The monoisotopic (exact) mass is 323 g/mol. The van der Waals surface area contributed by atoms with Gasteiger partial charge in [-0.25, -0.2) is 0 Å². The molecule has 1 amide bonds. The van der Waals surface area contributed by atoms with Crippen LogP contribution in [0.15, 0.2) is 72.8 Å². The minimum Gasteiger partial charge on any atom is -0.322 e. The Hall–Kier alpha value is -3.89. The van der Waals surface area contributed by atoms with Crippen LogP contribution in [0.3, 0.4) is 0 Å². The van der Waals surface area contributed by atoms with Gasteiger partial charge in [0.15, 0.2) is 0 Å². The number of rotatable bonds is 3. The Morgan fingerprint density at radius 3 is 2.28 bits per heavy atom. The molecule has 0 aliphatic carbocycles. The van der Waals surface area contributed by atoms with Gasteiger partial charge in [0.2, 0.25) is 0 Å². The third kappa shape index (κ3) is 3.39. The second-order valence-corrected chi connectivity index (χ2v) is 5.35. The largest absolute Gasteiger partial charge is 0.322 e. The minimum absolute atomic E-state index is 0.293. The summed E-state index contributed by atoms with van der Waals surface area (Å²) in [7, 11) is 0. The molecular formula is C21H13N3O. The first-order valence-electron chi connectivity index (χ1n) is 7.63. The molecule has 4 heteroatoms. The molecule has 0 atom stereocenters. The van der Waals surface area contributed by atoms with Crippen LogP contribution in [0.25, 0.3) is 11.1 Å². The van der Waals surface area contributed by atoms with Crippen LogP contribution in [0.1, 0.15) is 21.5 Å². The van der Waals surface area contributed by atoms with Gasteiger partial charge < -0.3 is 5.32 Å². The zero-order valence-corrected chi connectivity index (χ0v) is 13.2. The van der Waals surface area contributed by atoms with Crippen LogP contribution in [-0.4, -0.2) is 5.91 Å². The molecule has 3 aromatic carbocycles. The van der Waals surface area contributed by atoms with Crippen molar-refractivity contribution in [3.8, 4) is 23.3 Å². The van der Waals surface area contributed by atoms with E-state index in [2.05, 4.69) is 11.4 Å². The number of hydrogen-bond acceptors (Lipinski definition) is 3. The molecule has 0 spiro atoms. The number of carbonyl (C=O) groups excluding carboxylic acids is 1. The Bertz CT molecular complexity index is 1030. The zero-order valence-electron chi connectivity index (χ0n) is 13.2. The third-order valence-electron chi connectivity index (χ3n) is 3.76. The fourth-order valence-corrected chi connectivity index (χ4v) is 2.60. The van der Waals surface area contributed by atoms with Gasteiger partial charge in [0.25, 0.3) is 5.91 Å². The Kier molecular flexibility index (Phi) is 4.55. The lowest BCUT2D eigenvalue weighted by Crippen LogP contribution is -2.13. The van der Waals surface area contributed by atoms with Crippen LogP contribution in [0.2, 0.25) is 0 Å². The summed E-state index contributed by atoms with van der Waals surface area (Å²) < 4.78 is 0. The normalized spacial score (nSPS) is 9.68. The summed E-state index contributed by atoms with van der Waals surface area (Å²) in [6, 6.07) is 25.2. The van der Waals surface area contributed by atoms with E-state index in [-0.39, 0.29) is 5.91 Å². The average molecular weight is 323 g/mol. The molecular weight excluding hydrogens is 310 g/mol. The molecule has 0 heterocycles. The SMILES string of the molecule is N#Cc1cccc(NC(=O)c2ccccc2-c2ccccc2C#N)c1. The lowest BCUT2D eigenvalue weighted by Gasteiger charge is -2.11. The van der Waals surface area contributed by atoms with Crippen molar-refractivity contribution in [3.05, 3.63) is 89.5 Å². The zero-order chi connectivity index (χ0) is 17.6. The molecule has 0 fully saturated rings. The maximum absolute atomic E-state index is 12.7. The fraction of sp³-hybridized carbons (Fsp3) is 0. The second kappa shape index (κ2) is 7.12. The molecule has 0 saturated carbocycles. The summed E-state index contributed by atoms with van der Waals surface area (Å²) >= 11 is 0. The summed E-state index contributed by atoms with van der Waals surface area (Å²) in [5.74, 6) is -0.293. The van der Waals surface area contributed by atoms with Crippen molar-refractivity contribution < 1.29 is 4.79 Å². The predicted molar refractivity (Wildman–Crippen MR) is 95.7 cm³/mol. The van der Waals surface area contributed by atoms with Gasteiger partial charge in [-0.1, -0.05) is 42.5 Å². The number of nitrogens with zero attached hydrogens (tertiary/aromatic N) is 2. The van der Waals surface area contributed by atoms with Gasteiger partial charge in [0.05, 0.1) is 23.3 Å². The van der Waals surface area contributed by atoms with Crippen LogP contribution in [0.5, 0.6) is 0 Å². The molecule has 0 bridgehead atoms. The van der Waals surface area contributed by atoms with Gasteiger partial charge in [0.1, 0.15) is 0 Å². The van der Waals surface area contributed by atoms with Gasteiger partial charge in [-0.15, -0.1) is 0 Å². The smallest absolute Gasteiger partial charge is 0.256 e. The van der Waals surface area contributed by atoms with E-state index >= 15 is 0 Å². The van der Waals surface area contributed by atoms with Gasteiger partial charge >= 0.3 is 0 Å². The van der Waals surface area contributed by atoms with Crippen LogP contribution in [0, 0.1) is 22.7 Å². The maximum Gasteiger partial charge on any atom is 0.256 e. The lowest BCUT2D eigenvalue weighted by molar-refractivity contribution is 0.102. The number of anilines is 1. The number of amides is 1. The summed E-state index contributed by atoms with van der Waals surface area (Å²) in [6.45, 7) is 0. The first kappa shape index (κ1) is 16.0. The van der Waals surface area contributed by atoms with Crippen molar-refractivity contribution in [1.29, 1.82) is 10.5 Å². The standard InChI is InChI=1S/C21H13N3O/c22-13-15-6-5-8-17(12-15)24-21(25)20-11-4-3-10-19(20)18-9-2-1-7-16(18)14-23/h1-12H,(H,24,25). The molecule has 4 nitrogen and oxygen atoms in total. The Labute approximate surface area is 145 Å². The van der Waals surface area contributed by atoms with Crippen molar-refractivity contribution in [2.45, 2.75) is 0 Å². The Balaban J connectivity index is 2.00. The summed E-state index contributed by atoms with van der Waals surface area (Å²) in [5.41, 5.74) is 3.39. The van der Waals surface area contributed by atoms with Crippen molar-refractivity contribution >= 4 is 11.6 Å². The van der Waals surface area contributed by atoms with Gasteiger partial charge in [-0.2, -0.15) is 10.5 Å². The van der Waals surface area contributed by atoms with E-state index in [1.807, 2.05) is 30.3 Å². The highest BCUT2D eigenvalue weighted by atomic mass is 16.1. The van der Waals surface area contributed by atoms with Gasteiger partial charge in [-0.3, -0.25) is 4.79 Å². The van der Waals surface area contributed by atoms with Gasteiger partial charge in [0, 0.05) is 16.8 Å². The number of hydrogen-bond donors (Lipinski definition) is 1. The molecule has 3 rings (SSSR count). The van der Waals surface area contributed by atoms with Crippen molar-refractivity contribution in [1.82, 2.24) is 0 Å². The molecule has 0 unspecified atom stereocenters. The second-order valence-electron chi connectivity index (χ2n) is 5.35. The van der Waals surface area contributed by atoms with Crippen molar-refractivity contribution in [3.63, 3.8) is 0 Å². The Morgan fingerprint density at radius 2 is 1.52 bits per heavy atom. The highest BCUT2D eigenvalue weighted by Gasteiger charge is 2.15. The van der Waals surface area contributed by atoms with Crippen LogP contribution >= 0.6 is 0 Å². The topological polar surface area (TPSA) is 76.7 Å². The van der Waals surface area contributed by atoms with E-state index in [4.69, 9.17) is 5.26 Å². The minimum atomic E-state index is -0.293. The van der Waals surface area contributed by atoms with Crippen molar-refractivity contribution in [2.24, 2.45) is 0 Å².